The third-order valence-electron chi connectivity index (χ3n) is 5.89. The summed E-state index contributed by atoms with van der Waals surface area (Å²) >= 11 is 0. The summed E-state index contributed by atoms with van der Waals surface area (Å²) in [5.74, 6) is 0.605. The van der Waals surface area contributed by atoms with E-state index in [-0.39, 0.29) is 11.9 Å². The highest BCUT2D eigenvalue weighted by atomic mass is 16.3. The minimum Gasteiger partial charge on any atom is -0.464 e. The summed E-state index contributed by atoms with van der Waals surface area (Å²) in [7, 11) is 2.19. The molecule has 0 spiro atoms. The van der Waals surface area contributed by atoms with Gasteiger partial charge in [-0.3, -0.25) is 4.79 Å². The van der Waals surface area contributed by atoms with Gasteiger partial charge >= 0.3 is 0 Å². The number of hydrogen-bond donors (Lipinski definition) is 2. The lowest BCUT2D eigenvalue weighted by Gasteiger charge is -2.36. The number of benzene rings is 1. The maximum Gasteiger partial charge on any atom is 0.251 e. The maximum absolute atomic E-state index is 12.8. The van der Waals surface area contributed by atoms with Crippen LogP contribution in [0.25, 0.3) is 16.9 Å². The van der Waals surface area contributed by atoms with Gasteiger partial charge < -0.3 is 20.4 Å². The predicted molar refractivity (Wildman–Crippen MR) is 103 cm³/mol. The van der Waals surface area contributed by atoms with Crippen molar-refractivity contribution in [1.29, 1.82) is 0 Å². The number of rotatable bonds is 4. The topological polar surface area (TPSA) is 71.5 Å². The van der Waals surface area contributed by atoms with Gasteiger partial charge in [-0.15, -0.1) is 0 Å². The van der Waals surface area contributed by atoms with E-state index >= 15 is 0 Å². The number of nitrogens with one attached hydrogen (secondary N) is 1. The minimum absolute atomic E-state index is 0.137. The molecule has 4 rings (SSSR count). The summed E-state index contributed by atoms with van der Waals surface area (Å²) < 4.78 is 5.44. The van der Waals surface area contributed by atoms with Gasteiger partial charge in [0.05, 0.1) is 6.26 Å². The third kappa shape index (κ3) is 3.03. The number of furan rings is 1. The molecular formula is C21H25N3O2. The van der Waals surface area contributed by atoms with E-state index in [1.165, 1.54) is 12.8 Å². The van der Waals surface area contributed by atoms with Gasteiger partial charge in [-0.05, 0) is 63.1 Å². The number of anilines is 1. The zero-order chi connectivity index (χ0) is 18.3. The average Bonchev–Trinajstić information content (AvgIpc) is 3.22. The molecule has 2 atom stereocenters. The molecule has 2 aliphatic rings. The lowest BCUT2D eigenvalue weighted by atomic mass is 9.96. The molecule has 26 heavy (non-hydrogen) atoms. The highest BCUT2D eigenvalue weighted by Gasteiger charge is 2.38. The SMILES string of the molecule is C=C(C(=O)NC1CC2CCC(C1)N2C)c1cc(-c2ccco2)ccc1N. The van der Waals surface area contributed by atoms with Gasteiger partial charge in [-0.25, -0.2) is 0 Å². The second-order valence-electron chi connectivity index (χ2n) is 7.45. The number of piperidine rings is 1. The first kappa shape index (κ1) is 16.9. The fourth-order valence-corrected chi connectivity index (χ4v) is 4.34. The number of fused-ring (bicyclic) bond motifs is 2. The Labute approximate surface area is 153 Å². The van der Waals surface area contributed by atoms with Gasteiger partial charge in [0.25, 0.3) is 5.91 Å². The van der Waals surface area contributed by atoms with Crippen molar-refractivity contribution in [3.63, 3.8) is 0 Å². The maximum atomic E-state index is 12.8. The van der Waals surface area contributed by atoms with Gasteiger partial charge in [-0.2, -0.15) is 0 Å². The molecule has 2 aromatic rings. The molecule has 5 nitrogen and oxygen atoms in total. The molecule has 1 amide bonds. The number of carbonyl (C=O) groups excluding carboxylic acids is 1. The fourth-order valence-electron chi connectivity index (χ4n) is 4.34. The zero-order valence-corrected chi connectivity index (χ0v) is 15.1. The third-order valence-corrected chi connectivity index (χ3v) is 5.89. The van der Waals surface area contributed by atoms with Crippen molar-refractivity contribution in [3.05, 3.63) is 48.7 Å². The first-order valence-electron chi connectivity index (χ1n) is 9.18. The summed E-state index contributed by atoms with van der Waals surface area (Å²) in [6, 6.07) is 10.6. The van der Waals surface area contributed by atoms with Crippen molar-refractivity contribution in [1.82, 2.24) is 10.2 Å². The van der Waals surface area contributed by atoms with Crippen LogP contribution in [-0.4, -0.2) is 36.0 Å². The van der Waals surface area contributed by atoms with Gasteiger partial charge in [-0.1, -0.05) is 6.58 Å². The van der Waals surface area contributed by atoms with Crippen molar-refractivity contribution in [3.8, 4) is 11.3 Å². The minimum atomic E-state index is -0.137. The largest absolute Gasteiger partial charge is 0.464 e. The van der Waals surface area contributed by atoms with E-state index in [4.69, 9.17) is 10.2 Å². The van der Waals surface area contributed by atoms with Crippen LogP contribution in [0.15, 0.2) is 47.6 Å². The normalized spacial score (nSPS) is 25.2. The first-order valence-corrected chi connectivity index (χ1v) is 9.18. The van der Waals surface area contributed by atoms with Crippen molar-refractivity contribution < 1.29 is 9.21 Å². The standard InChI is InChI=1S/C21H25N3O2/c1-13(18-10-14(5-8-19(18)22)20-4-3-9-26-20)21(25)23-15-11-16-6-7-17(12-15)24(16)2/h3-5,8-10,15-17H,1,6-7,11-12,22H2,2H3,(H,23,25). The molecule has 3 heterocycles. The Kier molecular flexibility index (Phi) is 4.32. The number of amides is 1. The van der Waals surface area contributed by atoms with Crippen molar-refractivity contribution >= 4 is 17.2 Å². The van der Waals surface area contributed by atoms with Crippen molar-refractivity contribution in [2.75, 3.05) is 12.8 Å². The molecule has 2 fully saturated rings. The van der Waals surface area contributed by atoms with Crippen molar-refractivity contribution in [2.45, 2.75) is 43.8 Å². The van der Waals surface area contributed by atoms with Crippen LogP contribution in [0.5, 0.6) is 0 Å². The Morgan fingerprint density at radius 2 is 2.00 bits per heavy atom. The molecule has 0 aliphatic carbocycles. The molecule has 2 unspecified atom stereocenters. The number of hydrogen-bond acceptors (Lipinski definition) is 4. The summed E-state index contributed by atoms with van der Waals surface area (Å²) in [4.78, 5) is 15.2. The zero-order valence-electron chi connectivity index (χ0n) is 15.1. The second kappa shape index (κ2) is 6.65. The molecule has 136 valence electrons. The van der Waals surface area contributed by atoms with E-state index < -0.39 is 0 Å². The first-order chi connectivity index (χ1) is 12.5. The summed E-state index contributed by atoms with van der Waals surface area (Å²) in [5.41, 5.74) is 8.60. The molecule has 0 saturated carbocycles. The number of nitrogens with zero attached hydrogens (tertiary/aromatic N) is 1. The Morgan fingerprint density at radius 1 is 1.27 bits per heavy atom. The average molecular weight is 351 g/mol. The molecule has 1 aromatic carbocycles. The highest BCUT2D eigenvalue weighted by Crippen LogP contribution is 2.34. The van der Waals surface area contributed by atoms with E-state index in [0.717, 1.165) is 24.2 Å². The van der Waals surface area contributed by atoms with E-state index in [2.05, 4.69) is 23.8 Å². The molecule has 2 bridgehead atoms. The Balaban J connectivity index is 1.49. The van der Waals surface area contributed by atoms with Crippen LogP contribution >= 0.6 is 0 Å². The van der Waals surface area contributed by atoms with Crippen LogP contribution in [0.4, 0.5) is 5.69 Å². The van der Waals surface area contributed by atoms with E-state index in [0.29, 0.717) is 28.9 Å². The van der Waals surface area contributed by atoms with E-state index in [1.54, 1.807) is 12.3 Å². The summed E-state index contributed by atoms with van der Waals surface area (Å²) in [5, 5.41) is 3.18. The van der Waals surface area contributed by atoms with Crippen LogP contribution in [0.1, 0.15) is 31.2 Å². The monoisotopic (exact) mass is 351 g/mol. The molecule has 1 aromatic heterocycles. The molecule has 2 aliphatic heterocycles. The van der Waals surface area contributed by atoms with Gasteiger partial charge in [0, 0.05) is 40.5 Å². The van der Waals surface area contributed by atoms with Crippen LogP contribution in [0.2, 0.25) is 0 Å². The summed E-state index contributed by atoms with van der Waals surface area (Å²) in [6.07, 6.45) is 6.10. The molecule has 3 N–H and O–H groups in total. The lowest BCUT2D eigenvalue weighted by Crippen LogP contribution is -2.48. The van der Waals surface area contributed by atoms with Gasteiger partial charge in [0.15, 0.2) is 0 Å². The van der Waals surface area contributed by atoms with E-state index in [9.17, 15) is 4.79 Å². The van der Waals surface area contributed by atoms with Gasteiger partial charge in [0.1, 0.15) is 5.76 Å². The van der Waals surface area contributed by atoms with Crippen LogP contribution in [0.3, 0.4) is 0 Å². The number of carbonyl (C=O) groups is 1. The fraction of sp³-hybridized carbons (Fsp3) is 0.381. The smallest absolute Gasteiger partial charge is 0.251 e. The van der Waals surface area contributed by atoms with Gasteiger partial charge in [0.2, 0.25) is 0 Å². The number of nitrogens with two attached hydrogens (primary N) is 1. The number of nitrogen functional groups attached to an aromatic ring is 1. The quantitative estimate of drug-likeness (QED) is 0.655. The Bertz CT molecular complexity index is 814. The second-order valence-corrected chi connectivity index (χ2v) is 7.45. The Morgan fingerprint density at radius 3 is 2.65 bits per heavy atom. The molecular weight excluding hydrogens is 326 g/mol. The highest BCUT2D eigenvalue weighted by molar-refractivity contribution is 6.20. The Hall–Kier alpha value is -2.53. The molecule has 2 saturated heterocycles. The molecule has 5 heteroatoms. The summed E-state index contributed by atoms with van der Waals surface area (Å²) in [6.45, 7) is 4.01. The van der Waals surface area contributed by atoms with E-state index in [1.807, 2.05) is 24.3 Å². The predicted octanol–water partition coefficient (Wildman–Crippen LogP) is 3.28. The van der Waals surface area contributed by atoms with Crippen LogP contribution in [0, 0.1) is 0 Å². The molecule has 0 radical (unpaired) electrons. The van der Waals surface area contributed by atoms with Crippen LogP contribution in [-0.2, 0) is 4.79 Å². The lowest BCUT2D eigenvalue weighted by molar-refractivity contribution is -0.116. The van der Waals surface area contributed by atoms with Crippen molar-refractivity contribution in [2.24, 2.45) is 0 Å². The van der Waals surface area contributed by atoms with Crippen LogP contribution < -0.4 is 11.1 Å².